The van der Waals surface area contributed by atoms with Crippen LogP contribution in [0.15, 0.2) is 23.4 Å². The molecule has 0 radical (unpaired) electrons. The van der Waals surface area contributed by atoms with E-state index in [1.54, 1.807) is 12.1 Å². The van der Waals surface area contributed by atoms with Crippen molar-refractivity contribution in [2.24, 2.45) is 5.11 Å². The minimum absolute atomic E-state index is 0.190. The Morgan fingerprint density at radius 2 is 2.29 bits per heavy atom. The van der Waals surface area contributed by atoms with E-state index in [4.69, 9.17) is 10.3 Å². The minimum Gasteiger partial charge on any atom is -0.478 e. The van der Waals surface area contributed by atoms with E-state index >= 15 is 0 Å². The number of azide groups is 1. The zero-order valence-electron chi connectivity index (χ0n) is 9.39. The highest BCUT2D eigenvalue weighted by Gasteiger charge is 2.17. The molecule has 0 aliphatic heterocycles. The van der Waals surface area contributed by atoms with Crippen LogP contribution in [0.2, 0.25) is 0 Å². The van der Waals surface area contributed by atoms with Gasteiger partial charge in [-0.2, -0.15) is 0 Å². The quantitative estimate of drug-likeness (QED) is 0.440. The van der Waals surface area contributed by atoms with Gasteiger partial charge in [0.2, 0.25) is 5.88 Å². The normalized spacial score (nSPS) is 13.6. The van der Waals surface area contributed by atoms with Crippen molar-refractivity contribution in [2.75, 3.05) is 13.2 Å². The SMILES string of the molecule is CCOc1ccc(C(O)C(O)CN=[N+]=[N-])cn1. The Morgan fingerprint density at radius 1 is 1.53 bits per heavy atom. The number of ether oxygens (including phenoxy) is 1. The lowest BCUT2D eigenvalue weighted by Crippen LogP contribution is -2.21. The van der Waals surface area contributed by atoms with Gasteiger partial charge in [0.25, 0.3) is 0 Å². The fourth-order valence-electron chi connectivity index (χ4n) is 1.24. The van der Waals surface area contributed by atoms with Crippen LogP contribution >= 0.6 is 0 Å². The van der Waals surface area contributed by atoms with E-state index in [1.165, 1.54) is 6.20 Å². The van der Waals surface area contributed by atoms with Gasteiger partial charge in [-0.3, -0.25) is 0 Å². The summed E-state index contributed by atoms with van der Waals surface area (Å²) in [7, 11) is 0. The summed E-state index contributed by atoms with van der Waals surface area (Å²) in [6.07, 6.45) is -0.871. The highest BCUT2D eigenvalue weighted by molar-refractivity contribution is 5.20. The fourth-order valence-corrected chi connectivity index (χ4v) is 1.24. The molecule has 0 aliphatic carbocycles. The van der Waals surface area contributed by atoms with Crippen LogP contribution in [0.5, 0.6) is 5.88 Å². The van der Waals surface area contributed by atoms with Gasteiger partial charge in [0.1, 0.15) is 6.10 Å². The Labute approximate surface area is 98.3 Å². The van der Waals surface area contributed by atoms with Gasteiger partial charge in [0, 0.05) is 22.7 Å². The molecule has 2 unspecified atom stereocenters. The molecular formula is C10H14N4O3. The van der Waals surface area contributed by atoms with Crippen molar-refractivity contribution in [3.8, 4) is 5.88 Å². The molecule has 2 N–H and O–H groups in total. The predicted molar refractivity (Wildman–Crippen MR) is 60.4 cm³/mol. The Bertz CT molecular complexity index is 389. The molecule has 92 valence electrons. The number of rotatable bonds is 6. The molecular weight excluding hydrogens is 224 g/mol. The maximum absolute atomic E-state index is 9.72. The number of aromatic nitrogens is 1. The molecule has 0 amide bonds. The summed E-state index contributed by atoms with van der Waals surface area (Å²) in [6.45, 7) is 2.16. The van der Waals surface area contributed by atoms with Crippen molar-refractivity contribution in [3.63, 3.8) is 0 Å². The maximum atomic E-state index is 9.72. The third kappa shape index (κ3) is 3.92. The third-order valence-electron chi connectivity index (χ3n) is 2.09. The molecule has 1 aromatic heterocycles. The van der Waals surface area contributed by atoms with Gasteiger partial charge in [-0.05, 0) is 18.5 Å². The van der Waals surface area contributed by atoms with Crippen LogP contribution in [0.3, 0.4) is 0 Å². The summed E-state index contributed by atoms with van der Waals surface area (Å²) in [5.41, 5.74) is 8.54. The van der Waals surface area contributed by atoms with Crippen molar-refractivity contribution in [3.05, 3.63) is 34.3 Å². The Morgan fingerprint density at radius 3 is 2.82 bits per heavy atom. The summed E-state index contributed by atoms with van der Waals surface area (Å²) in [5.74, 6) is 0.452. The molecule has 0 aromatic carbocycles. The van der Waals surface area contributed by atoms with Crippen LogP contribution in [-0.2, 0) is 0 Å². The molecule has 0 saturated heterocycles. The van der Waals surface area contributed by atoms with E-state index in [2.05, 4.69) is 15.0 Å². The molecule has 7 heteroatoms. The third-order valence-corrected chi connectivity index (χ3v) is 2.09. The van der Waals surface area contributed by atoms with Gasteiger partial charge >= 0.3 is 0 Å². The molecule has 0 aliphatic rings. The second kappa shape index (κ2) is 6.70. The molecule has 17 heavy (non-hydrogen) atoms. The first-order chi connectivity index (χ1) is 8.19. The van der Waals surface area contributed by atoms with Crippen molar-refractivity contribution >= 4 is 0 Å². The van der Waals surface area contributed by atoms with Gasteiger partial charge in [0.15, 0.2) is 0 Å². The lowest BCUT2D eigenvalue weighted by Gasteiger charge is -2.15. The molecule has 0 spiro atoms. The molecule has 1 aromatic rings. The van der Waals surface area contributed by atoms with Gasteiger partial charge in [-0.1, -0.05) is 5.11 Å². The van der Waals surface area contributed by atoms with Gasteiger partial charge in [-0.15, -0.1) is 0 Å². The lowest BCUT2D eigenvalue weighted by molar-refractivity contribution is 0.0241. The molecule has 1 rings (SSSR count). The summed E-state index contributed by atoms with van der Waals surface area (Å²) >= 11 is 0. The van der Waals surface area contributed by atoms with E-state index in [0.717, 1.165) is 0 Å². The number of pyridine rings is 1. The first kappa shape index (κ1) is 13.2. The zero-order chi connectivity index (χ0) is 12.7. The van der Waals surface area contributed by atoms with Crippen molar-refractivity contribution in [2.45, 2.75) is 19.1 Å². The fraction of sp³-hybridized carbons (Fsp3) is 0.500. The Kier molecular flexibility index (Phi) is 5.22. The molecule has 0 saturated carbocycles. The lowest BCUT2D eigenvalue weighted by atomic mass is 10.1. The zero-order valence-corrected chi connectivity index (χ0v) is 9.39. The number of hydrogen-bond donors (Lipinski definition) is 2. The van der Waals surface area contributed by atoms with Crippen molar-refractivity contribution in [1.29, 1.82) is 0 Å². The summed E-state index contributed by atoms with van der Waals surface area (Å²) in [4.78, 5) is 6.46. The Balaban J connectivity index is 2.68. The van der Waals surface area contributed by atoms with Gasteiger partial charge in [0.05, 0.1) is 19.3 Å². The topological polar surface area (TPSA) is 111 Å². The van der Waals surface area contributed by atoms with Crippen LogP contribution in [0, 0.1) is 0 Å². The summed E-state index contributed by atoms with van der Waals surface area (Å²) < 4.78 is 5.14. The number of aliphatic hydroxyl groups excluding tert-OH is 2. The first-order valence-corrected chi connectivity index (χ1v) is 5.14. The largest absolute Gasteiger partial charge is 0.478 e. The van der Waals surface area contributed by atoms with E-state index in [9.17, 15) is 10.2 Å². The second-order valence-electron chi connectivity index (χ2n) is 3.29. The van der Waals surface area contributed by atoms with E-state index < -0.39 is 12.2 Å². The van der Waals surface area contributed by atoms with E-state index in [0.29, 0.717) is 18.1 Å². The summed E-state index contributed by atoms with van der Waals surface area (Å²) in [6, 6.07) is 3.20. The predicted octanol–water partition coefficient (Wildman–Crippen LogP) is 1.18. The smallest absolute Gasteiger partial charge is 0.213 e. The maximum Gasteiger partial charge on any atom is 0.213 e. The van der Waals surface area contributed by atoms with Crippen LogP contribution in [0.25, 0.3) is 10.4 Å². The van der Waals surface area contributed by atoms with Crippen LogP contribution in [0.4, 0.5) is 0 Å². The average Bonchev–Trinajstić information content (AvgIpc) is 2.36. The van der Waals surface area contributed by atoms with E-state index in [-0.39, 0.29) is 6.54 Å². The van der Waals surface area contributed by atoms with Crippen molar-refractivity contribution < 1.29 is 14.9 Å². The Hall–Kier alpha value is -1.82. The van der Waals surface area contributed by atoms with Crippen LogP contribution in [0.1, 0.15) is 18.6 Å². The number of nitrogens with zero attached hydrogens (tertiary/aromatic N) is 4. The van der Waals surface area contributed by atoms with Crippen LogP contribution in [-0.4, -0.2) is 34.5 Å². The standard InChI is InChI=1S/C10H14N4O3/c1-2-17-9-4-3-7(5-12-9)10(16)8(15)6-13-14-11/h3-5,8,10,15-16H,2,6H2,1H3. The molecule has 7 nitrogen and oxygen atoms in total. The van der Waals surface area contributed by atoms with E-state index in [1.807, 2.05) is 6.92 Å². The van der Waals surface area contributed by atoms with Crippen LogP contribution < -0.4 is 4.74 Å². The molecule has 0 fully saturated rings. The van der Waals surface area contributed by atoms with Crippen molar-refractivity contribution in [1.82, 2.24) is 4.98 Å². The number of hydrogen-bond acceptors (Lipinski definition) is 5. The molecule has 2 atom stereocenters. The second-order valence-corrected chi connectivity index (χ2v) is 3.29. The van der Waals surface area contributed by atoms with Gasteiger partial charge in [-0.25, -0.2) is 4.98 Å². The average molecular weight is 238 g/mol. The molecule has 1 heterocycles. The molecule has 0 bridgehead atoms. The first-order valence-electron chi connectivity index (χ1n) is 5.14. The minimum atomic E-state index is -1.15. The summed E-state index contributed by atoms with van der Waals surface area (Å²) in [5, 5.41) is 22.4. The monoisotopic (exact) mass is 238 g/mol. The highest BCUT2D eigenvalue weighted by atomic mass is 16.5. The van der Waals surface area contributed by atoms with Gasteiger partial charge < -0.3 is 14.9 Å². The number of aliphatic hydroxyl groups is 2. The highest BCUT2D eigenvalue weighted by Crippen LogP contribution is 2.18.